The first-order valence-corrected chi connectivity index (χ1v) is 7.98. The van der Waals surface area contributed by atoms with Crippen LogP contribution in [0.5, 0.6) is 0 Å². The van der Waals surface area contributed by atoms with Gasteiger partial charge in [0.15, 0.2) is 8.24 Å². The van der Waals surface area contributed by atoms with Gasteiger partial charge in [0.05, 0.1) is 6.20 Å². The molecule has 0 aliphatic heterocycles. The normalized spacial score (nSPS) is 13.1. The van der Waals surface area contributed by atoms with Crippen LogP contribution in [-0.4, -0.2) is 22.9 Å². The highest BCUT2D eigenvalue weighted by molar-refractivity contribution is 6.81. The van der Waals surface area contributed by atoms with E-state index in [0.29, 0.717) is 16.6 Å². The second kappa shape index (κ2) is 4.47. The summed E-state index contributed by atoms with van der Waals surface area (Å²) in [6, 6.07) is 0. The molecule has 0 N–H and O–H groups in total. The van der Waals surface area contributed by atoms with Gasteiger partial charge in [-0.3, -0.25) is 4.35 Å². The third-order valence-corrected chi connectivity index (χ3v) is 10.2. The lowest BCUT2D eigenvalue weighted by Gasteiger charge is -2.41. The van der Waals surface area contributed by atoms with E-state index in [4.69, 9.17) is 0 Å². The number of nitrogens with zero attached hydrogens (tertiary/aromatic N) is 3. The van der Waals surface area contributed by atoms with Crippen LogP contribution in [0.4, 0.5) is 0 Å². The summed E-state index contributed by atoms with van der Waals surface area (Å²) >= 11 is 0. The third-order valence-electron chi connectivity index (χ3n) is 3.59. The summed E-state index contributed by atoms with van der Waals surface area (Å²) in [5, 5.41) is 8.26. The molecular weight excluding hydrogens is 202 g/mol. The molecule has 86 valence electrons. The van der Waals surface area contributed by atoms with Gasteiger partial charge in [0.1, 0.15) is 0 Å². The maximum Gasteiger partial charge on any atom is 0.194 e. The molecule has 1 rings (SSSR count). The number of hydrogen-bond donors (Lipinski definition) is 0. The summed E-state index contributed by atoms with van der Waals surface area (Å²) in [7, 11) is -1.61. The first-order valence-electron chi connectivity index (χ1n) is 5.80. The van der Waals surface area contributed by atoms with Crippen LogP contribution in [0.25, 0.3) is 0 Å². The zero-order valence-corrected chi connectivity index (χ0v) is 11.7. The smallest absolute Gasteiger partial charge is 0.194 e. The van der Waals surface area contributed by atoms with Crippen molar-refractivity contribution in [3.8, 4) is 0 Å². The fraction of sp³-hybridized carbons (Fsp3) is 0.818. The largest absolute Gasteiger partial charge is 0.281 e. The summed E-state index contributed by atoms with van der Waals surface area (Å²) in [6.45, 7) is 14.0. The van der Waals surface area contributed by atoms with Gasteiger partial charge < -0.3 is 0 Å². The second-order valence-corrected chi connectivity index (χ2v) is 10.9. The van der Waals surface area contributed by atoms with Gasteiger partial charge in [0.25, 0.3) is 0 Å². The molecule has 0 aromatic carbocycles. The minimum atomic E-state index is -1.61. The molecule has 4 heteroatoms. The molecule has 0 unspecified atom stereocenters. The van der Waals surface area contributed by atoms with Crippen molar-refractivity contribution in [1.82, 2.24) is 14.7 Å². The highest BCUT2D eigenvalue weighted by Gasteiger charge is 2.46. The van der Waals surface area contributed by atoms with Crippen molar-refractivity contribution < 1.29 is 0 Å². The summed E-state index contributed by atoms with van der Waals surface area (Å²) in [5.74, 6) is 0. The summed E-state index contributed by atoms with van der Waals surface area (Å²) in [5.41, 5.74) is 2.04. The molecule has 0 radical (unpaired) electrons. The van der Waals surface area contributed by atoms with E-state index in [9.17, 15) is 0 Å². The van der Waals surface area contributed by atoms with Crippen molar-refractivity contribution in [3.63, 3.8) is 0 Å². The van der Waals surface area contributed by atoms with Crippen molar-refractivity contribution in [1.29, 1.82) is 0 Å². The molecular formula is C11H23N3Si. The highest BCUT2D eigenvalue weighted by atomic mass is 28.3. The van der Waals surface area contributed by atoms with Crippen LogP contribution in [0.3, 0.4) is 0 Å². The van der Waals surface area contributed by atoms with Crippen molar-refractivity contribution in [2.45, 2.75) is 58.2 Å². The first-order chi connectivity index (χ1) is 6.94. The molecule has 1 aromatic heterocycles. The third kappa shape index (κ3) is 1.87. The Balaban J connectivity index is 3.27. The first kappa shape index (κ1) is 12.4. The molecule has 1 heterocycles. The van der Waals surface area contributed by atoms with E-state index >= 15 is 0 Å². The van der Waals surface area contributed by atoms with Crippen LogP contribution < -0.4 is 0 Å². The maximum absolute atomic E-state index is 4.28. The SMILES string of the molecule is CC(C)[Si](C(C)C)(C(C)C)n1ccnn1. The Morgan fingerprint density at radius 1 is 0.933 bits per heavy atom. The standard InChI is InChI=1S/C11H23N3Si/c1-9(2)15(10(3)4,11(5)6)14-8-7-12-13-14/h7-11H,1-6H3. The van der Waals surface area contributed by atoms with E-state index < -0.39 is 8.24 Å². The number of rotatable bonds is 4. The van der Waals surface area contributed by atoms with Gasteiger partial charge in [-0.05, 0) is 16.6 Å². The fourth-order valence-electron chi connectivity index (χ4n) is 3.21. The van der Waals surface area contributed by atoms with E-state index in [2.05, 4.69) is 56.2 Å². The molecule has 0 saturated carbocycles. The summed E-state index contributed by atoms with van der Waals surface area (Å²) in [4.78, 5) is 0. The molecule has 0 bridgehead atoms. The lowest BCUT2D eigenvalue weighted by molar-refractivity contribution is 0.704. The molecule has 1 aromatic rings. The van der Waals surface area contributed by atoms with Crippen molar-refractivity contribution in [2.75, 3.05) is 0 Å². The van der Waals surface area contributed by atoms with Crippen molar-refractivity contribution >= 4 is 8.24 Å². The van der Waals surface area contributed by atoms with Crippen LogP contribution in [0.2, 0.25) is 16.6 Å². The zero-order valence-electron chi connectivity index (χ0n) is 10.7. The maximum atomic E-state index is 4.28. The Kier molecular flexibility index (Phi) is 3.70. The van der Waals surface area contributed by atoms with Crippen LogP contribution in [0.15, 0.2) is 12.4 Å². The van der Waals surface area contributed by atoms with E-state index in [0.717, 1.165) is 0 Å². The molecule has 0 aliphatic carbocycles. The Labute approximate surface area is 94.0 Å². The lowest BCUT2D eigenvalue weighted by atomic mass is 10.5. The molecule has 3 nitrogen and oxygen atoms in total. The Hall–Kier alpha value is -0.643. The zero-order chi connectivity index (χ0) is 11.6. The molecule has 0 amide bonds. The average molecular weight is 225 g/mol. The van der Waals surface area contributed by atoms with E-state index in [1.54, 1.807) is 6.20 Å². The van der Waals surface area contributed by atoms with Gasteiger partial charge in [-0.25, -0.2) is 0 Å². The average Bonchev–Trinajstić information content (AvgIpc) is 2.55. The monoisotopic (exact) mass is 225 g/mol. The van der Waals surface area contributed by atoms with Crippen LogP contribution in [0, 0.1) is 0 Å². The second-order valence-electron chi connectivity index (χ2n) is 5.20. The number of aromatic nitrogens is 3. The Morgan fingerprint density at radius 3 is 1.67 bits per heavy atom. The van der Waals surface area contributed by atoms with E-state index in [1.807, 2.05) is 6.20 Å². The van der Waals surface area contributed by atoms with Gasteiger partial charge >= 0.3 is 0 Å². The van der Waals surface area contributed by atoms with Crippen LogP contribution in [0.1, 0.15) is 41.5 Å². The van der Waals surface area contributed by atoms with Gasteiger partial charge in [0, 0.05) is 6.20 Å². The molecule has 0 spiro atoms. The van der Waals surface area contributed by atoms with Gasteiger partial charge in [0.2, 0.25) is 0 Å². The minimum Gasteiger partial charge on any atom is -0.281 e. The fourth-order valence-corrected chi connectivity index (χ4v) is 9.33. The highest BCUT2D eigenvalue weighted by Crippen LogP contribution is 2.41. The van der Waals surface area contributed by atoms with E-state index in [1.165, 1.54) is 0 Å². The van der Waals surface area contributed by atoms with Gasteiger partial charge in [-0.1, -0.05) is 46.8 Å². The predicted octanol–water partition coefficient (Wildman–Crippen LogP) is 3.30. The van der Waals surface area contributed by atoms with E-state index in [-0.39, 0.29) is 0 Å². The Bertz CT molecular complexity index is 269. The van der Waals surface area contributed by atoms with Gasteiger partial charge in [-0.15, -0.1) is 5.10 Å². The molecule has 15 heavy (non-hydrogen) atoms. The van der Waals surface area contributed by atoms with Crippen molar-refractivity contribution in [3.05, 3.63) is 12.4 Å². The molecule has 0 fully saturated rings. The summed E-state index contributed by atoms with van der Waals surface area (Å²) < 4.78 is 2.19. The molecule has 0 aliphatic rings. The molecule has 0 atom stereocenters. The van der Waals surface area contributed by atoms with Crippen LogP contribution >= 0.6 is 0 Å². The predicted molar refractivity (Wildman–Crippen MR) is 66.5 cm³/mol. The van der Waals surface area contributed by atoms with Crippen molar-refractivity contribution in [2.24, 2.45) is 0 Å². The van der Waals surface area contributed by atoms with Gasteiger partial charge in [-0.2, -0.15) is 0 Å². The number of hydrogen-bond acceptors (Lipinski definition) is 2. The van der Waals surface area contributed by atoms with Crippen LogP contribution in [-0.2, 0) is 0 Å². The summed E-state index contributed by atoms with van der Waals surface area (Å²) in [6.07, 6.45) is 3.85. The topological polar surface area (TPSA) is 30.7 Å². The minimum absolute atomic E-state index is 0.680. The Morgan fingerprint density at radius 2 is 1.40 bits per heavy atom. The lowest BCUT2D eigenvalue weighted by Crippen LogP contribution is -2.52. The molecule has 0 saturated heterocycles. The quantitative estimate of drug-likeness (QED) is 0.736.